The van der Waals surface area contributed by atoms with Gasteiger partial charge in [-0.05, 0) is 31.0 Å². The molecule has 3 aliphatic rings. The van der Waals surface area contributed by atoms with Gasteiger partial charge in [0.1, 0.15) is 5.71 Å². The molecular formula is C24H26F3N7O. The van der Waals surface area contributed by atoms with Crippen LogP contribution in [0.3, 0.4) is 0 Å². The van der Waals surface area contributed by atoms with Crippen LogP contribution >= 0.6 is 0 Å². The van der Waals surface area contributed by atoms with Crippen LogP contribution in [0.15, 0.2) is 35.6 Å². The number of H-pyrrole nitrogens is 1. The first-order valence-electron chi connectivity index (χ1n) is 11.8. The lowest BCUT2D eigenvalue weighted by atomic mass is 9.76. The van der Waals surface area contributed by atoms with Crippen molar-refractivity contribution in [2.45, 2.75) is 31.4 Å². The van der Waals surface area contributed by atoms with Crippen LogP contribution in [0.5, 0.6) is 0 Å². The van der Waals surface area contributed by atoms with Crippen molar-refractivity contribution < 1.29 is 17.9 Å². The number of pyridine rings is 1. The highest BCUT2D eigenvalue weighted by atomic mass is 19.4. The van der Waals surface area contributed by atoms with Gasteiger partial charge in [0.15, 0.2) is 0 Å². The quantitative estimate of drug-likeness (QED) is 0.609. The number of halogens is 3. The van der Waals surface area contributed by atoms with Crippen LogP contribution in [-0.2, 0) is 11.8 Å². The van der Waals surface area contributed by atoms with E-state index in [1.54, 1.807) is 23.1 Å². The number of aromatic nitrogens is 5. The molecule has 35 heavy (non-hydrogen) atoms. The average Bonchev–Trinajstić information content (AvgIpc) is 3.48. The fraction of sp³-hybridized carbons (Fsp3) is 0.500. The molecule has 0 bridgehead atoms. The number of aryl methyl sites for hydroxylation is 1. The molecule has 6 rings (SSSR count). The number of rotatable bonds is 4. The van der Waals surface area contributed by atoms with Gasteiger partial charge in [-0.1, -0.05) is 0 Å². The Balaban J connectivity index is 1.51. The highest BCUT2D eigenvalue weighted by molar-refractivity contribution is 6.13. The zero-order chi connectivity index (χ0) is 24.2. The molecule has 8 nitrogen and oxygen atoms in total. The van der Waals surface area contributed by atoms with Crippen molar-refractivity contribution in [1.29, 1.82) is 0 Å². The van der Waals surface area contributed by atoms with Crippen molar-refractivity contribution in [2.75, 3.05) is 37.7 Å². The number of anilines is 1. The maximum absolute atomic E-state index is 13.7. The minimum absolute atomic E-state index is 0.0478. The van der Waals surface area contributed by atoms with Crippen molar-refractivity contribution in [3.05, 3.63) is 47.5 Å². The highest BCUT2D eigenvalue weighted by Gasteiger charge is 2.43. The predicted octanol–water partition coefficient (Wildman–Crippen LogP) is 3.71. The van der Waals surface area contributed by atoms with Crippen molar-refractivity contribution in [3.8, 4) is 11.4 Å². The van der Waals surface area contributed by atoms with Gasteiger partial charge >= 0.3 is 6.18 Å². The number of piperidine rings is 1. The number of aliphatic imine (C=N–C) groups is 1. The summed E-state index contributed by atoms with van der Waals surface area (Å²) in [6, 6.07) is 5.56. The van der Waals surface area contributed by atoms with E-state index >= 15 is 0 Å². The minimum Gasteiger partial charge on any atom is -0.380 e. The molecule has 1 N–H and O–H groups in total. The molecule has 1 spiro atoms. The van der Waals surface area contributed by atoms with Gasteiger partial charge in [-0.2, -0.15) is 23.4 Å². The smallest absolute Gasteiger partial charge is 0.380 e. The van der Waals surface area contributed by atoms with Crippen LogP contribution < -0.4 is 4.90 Å². The van der Waals surface area contributed by atoms with Crippen LogP contribution in [-0.4, -0.2) is 69.7 Å². The summed E-state index contributed by atoms with van der Waals surface area (Å²) in [6.07, 6.45) is -0.0435. The van der Waals surface area contributed by atoms with Gasteiger partial charge in [-0.25, -0.2) is 4.98 Å². The molecule has 2 fully saturated rings. The monoisotopic (exact) mass is 485 g/mol. The zero-order valence-corrected chi connectivity index (χ0v) is 19.3. The number of nitrogens with zero attached hydrogens (tertiary/aromatic N) is 6. The van der Waals surface area contributed by atoms with E-state index in [1.165, 1.54) is 0 Å². The number of aromatic amines is 1. The topological polar surface area (TPSA) is 84.2 Å². The second-order valence-corrected chi connectivity index (χ2v) is 9.78. The van der Waals surface area contributed by atoms with Crippen LogP contribution in [0.1, 0.15) is 42.1 Å². The first-order chi connectivity index (χ1) is 16.8. The van der Waals surface area contributed by atoms with Crippen LogP contribution in [0.4, 0.5) is 18.9 Å². The first-order valence-corrected chi connectivity index (χ1v) is 11.8. The number of alkyl halides is 3. The summed E-state index contributed by atoms with van der Waals surface area (Å²) in [7, 11) is 1.83. The van der Waals surface area contributed by atoms with E-state index in [-0.39, 0.29) is 12.0 Å². The molecule has 3 aromatic rings. The van der Waals surface area contributed by atoms with Crippen molar-refractivity contribution in [1.82, 2.24) is 25.0 Å². The molecular weight excluding hydrogens is 459 g/mol. The Hall–Kier alpha value is -3.21. The van der Waals surface area contributed by atoms with Crippen molar-refractivity contribution in [3.63, 3.8) is 0 Å². The van der Waals surface area contributed by atoms with Crippen LogP contribution in [0, 0.1) is 5.41 Å². The van der Waals surface area contributed by atoms with E-state index in [2.05, 4.69) is 25.2 Å². The Bertz CT molecular complexity index is 1250. The second kappa shape index (κ2) is 8.18. The summed E-state index contributed by atoms with van der Waals surface area (Å²) >= 11 is 0. The van der Waals surface area contributed by atoms with Gasteiger partial charge in [0.25, 0.3) is 0 Å². The molecule has 6 heterocycles. The predicted molar refractivity (Wildman–Crippen MR) is 124 cm³/mol. The van der Waals surface area contributed by atoms with Crippen molar-refractivity contribution in [2.24, 2.45) is 17.5 Å². The van der Waals surface area contributed by atoms with Gasteiger partial charge in [-0.15, -0.1) is 0 Å². The molecule has 3 aromatic heterocycles. The van der Waals surface area contributed by atoms with E-state index in [9.17, 15) is 13.2 Å². The van der Waals surface area contributed by atoms with Gasteiger partial charge in [0.05, 0.1) is 42.4 Å². The van der Waals surface area contributed by atoms with Gasteiger partial charge in [0.2, 0.25) is 0 Å². The van der Waals surface area contributed by atoms with Gasteiger partial charge in [0, 0.05) is 61.7 Å². The van der Waals surface area contributed by atoms with Crippen LogP contribution in [0.25, 0.3) is 11.4 Å². The SMILES string of the molecule is Cn1nccc1-c1cc(N2CCC3(CC2)COC3)c2c(n1)C(c1ccn[nH]1)=NCC2CC(F)(F)F. The van der Waals surface area contributed by atoms with Crippen LogP contribution in [0.2, 0.25) is 0 Å². The van der Waals surface area contributed by atoms with E-state index in [4.69, 9.17) is 9.72 Å². The molecule has 0 amide bonds. The summed E-state index contributed by atoms with van der Waals surface area (Å²) in [5.41, 5.74) is 4.75. The maximum Gasteiger partial charge on any atom is 0.389 e. The number of hydrogen-bond acceptors (Lipinski definition) is 6. The lowest BCUT2D eigenvalue weighted by molar-refractivity contribution is -0.138. The van der Waals surface area contributed by atoms with E-state index in [0.29, 0.717) is 28.4 Å². The molecule has 11 heteroatoms. The third kappa shape index (κ3) is 4.01. The molecule has 184 valence electrons. The summed E-state index contributed by atoms with van der Waals surface area (Å²) in [6.45, 7) is 3.11. The highest BCUT2D eigenvalue weighted by Crippen LogP contribution is 2.45. The van der Waals surface area contributed by atoms with E-state index in [1.807, 2.05) is 19.2 Å². The number of hydrogen-bond donors (Lipinski definition) is 1. The molecule has 1 atom stereocenters. The fourth-order valence-electron chi connectivity index (χ4n) is 5.46. The van der Waals surface area contributed by atoms with E-state index in [0.717, 1.165) is 50.5 Å². The molecule has 3 aliphatic heterocycles. The lowest BCUT2D eigenvalue weighted by Gasteiger charge is -2.48. The molecule has 2 saturated heterocycles. The van der Waals surface area contributed by atoms with Crippen molar-refractivity contribution >= 4 is 11.4 Å². The van der Waals surface area contributed by atoms with Gasteiger partial charge in [-0.3, -0.25) is 14.8 Å². The molecule has 0 aliphatic carbocycles. The Morgan fingerprint density at radius 1 is 1.17 bits per heavy atom. The summed E-state index contributed by atoms with van der Waals surface area (Å²) < 4.78 is 48.2. The second-order valence-electron chi connectivity index (χ2n) is 9.78. The minimum atomic E-state index is -4.31. The third-order valence-corrected chi connectivity index (χ3v) is 7.44. The standard InChI is InChI=1S/C24H26F3N7O/c1-33-18(3-7-30-33)17-10-19(34-8-4-23(5-9-34)13-35-14-23)20-15(11-24(25,26)27)12-28-21(22(20)31-17)16-2-6-29-32-16/h2-3,6-7,10,15H,4-5,8-9,11-14H2,1H3,(H,29,32). The third-order valence-electron chi connectivity index (χ3n) is 7.44. The van der Waals surface area contributed by atoms with E-state index < -0.39 is 18.5 Å². The molecule has 0 radical (unpaired) electrons. The zero-order valence-electron chi connectivity index (χ0n) is 19.3. The Labute approximate surface area is 200 Å². The fourth-order valence-corrected chi connectivity index (χ4v) is 5.46. The normalized spacial score (nSPS) is 21.5. The number of fused-ring (bicyclic) bond motifs is 1. The lowest BCUT2D eigenvalue weighted by Crippen LogP contribution is -2.51. The number of ether oxygens (including phenoxy) is 1. The maximum atomic E-state index is 13.7. The Morgan fingerprint density at radius 3 is 2.57 bits per heavy atom. The average molecular weight is 486 g/mol. The molecule has 1 unspecified atom stereocenters. The summed E-state index contributed by atoms with van der Waals surface area (Å²) in [5.74, 6) is -0.803. The number of nitrogens with one attached hydrogen (secondary N) is 1. The Morgan fingerprint density at radius 2 is 1.97 bits per heavy atom. The summed E-state index contributed by atoms with van der Waals surface area (Å²) in [5, 5.41) is 11.2. The Kier molecular flexibility index (Phi) is 5.21. The first kappa shape index (κ1) is 22.3. The molecule has 0 aromatic carbocycles. The molecule has 0 saturated carbocycles. The summed E-state index contributed by atoms with van der Waals surface area (Å²) in [4.78, 5) is 11.7. The largest absolute Gasteiger partial charge is 0.389 e. The van der Waals surface area contributed by atoms with Gasteiger partial charge < -0.3 is 9.64 Å².